The number of nitrogens with one attached hydrogen (secondary N) is 1. The lowest BCUT2D eigenvalue weighted by atomic mass is 9.79. The summed E-state index contributed by atoms with van der Waals surface area (Å²) in [5.74, 6) is 1.36. The van der Waals surface area contributed by atoms with Crippen molar-refractivity contribution in [3.8, 4) is 11.4 Å². The molecule has 9 nitrogen and oxygen atoms in total. The van der Waals surface area contributed by atoms with Crippen molar-refractivity contribution in [2.24, 2.45) is 4.99 Å². The molecule has 6 rings (SSSR count). The van der Waals surface area contributed by atoms with E-state index in [0.717, 1.165) is 16.8 Å². The van der Waals surface area contributed by atoms with Crippen LogP contribution in [0.2, 0.25) is 5.02 Å². The Morgan fingerprint density at radius 2 is 1.82 bits per heavy atom. The maximum atomic E-state index is 13.8. The zero-order valence-electron chi connectivity index (χ0n) is 21.5. The molecule has 1 aliphatic heterocycles. The minimum absolute atomic E-state index is 0.336. The average molecular weight is 552 g/mol. The Morgan fingerprint density at radius 3 is 2.58 bits per heavy atom. The first-order valence-electron chi connectivity index (χ1n) is 12.5. The van der Waals surface area contributed by atoms with Gasteiger partial charge < -0.3 is 20.1 Å². The standard InChI is InChI=1S/C29H23BClN5O4/c1-16-34-35-28-27(33-29(37)23-5-3-4-18-14-19(30(38)39)8-12-22(18)23)32-26(17-6-9-20(31)10-7-17)24-15-21(40-2)11-13-25(24)36(16)28/h3-15,27,38-39H,1-2H3,(H,33,37). The molecule has 40 heavy (non-hydrogen) atoms. The molecule has 1 aliphatic rings. The number of methoxy groups -OCH3 is 1. The number of amides is 1. The summed E-state index contributed by atoms with van der Waals surface area (Å²) in [5, 5.41) is 32.8. The van der Waals surface area contributed by atoms with Gasteiger partial charge in [0, 0.05) is 21.7 Å². The van der Waals surface area contributed by atoms with Crippen LogP contribution in [0, 0.1) is 6.92 Å². The van der Waals surface area contributed by atoms with Crippen LogP contribution < -0.4 is 15.5 Å². The summed E-state index contributed by atoms with van der Waals surface area (Å²) in [6.45, 7) is 1.84. The van der Waals surface area contributed by atoms with Gasteiger partial charge in [-0.05, 0) is 59.6 Å². The highest BCUT2D eigenvalue weighted by Gasteiger charge is 2.30. The van der Waals surface area contributed by atoms with E-state index in [-0.39, 0.29) is 5.91 Å². The Balaban J connectivity index is 1.49. The largest absolute Gasteiger partial charge is 0.497 e. The van der Waals surface area contributed by atoms with Gasteiger partial charge in [-0.3, -0.25) is 14.4 Å². The molecule has 4 aromatic carbocycles. The van der Waals surface area contributed by atoms with Gasteiger partial charge in [-0.2, -0.15) is 0 Å². The number of halogens is 1. The minimum atomic E-state index is -1.61. The Labute approximate surface area is 234 Å². The zero-order chi connectivity index (χ0) is 28.0. The third kappa shape index (κ3) is 4.52. The van der Waals surface area contributed by atoms with Crippen LogP contribution >= 0.6 is 11.6 Å². The monoisotopic (exact) mass is 551 g/mol. The number of hydrogen-bond donors (Lipinski definition) is 3. The van der Waals surface area contributed by atoms with E-state index < -0.39 is 13.3 Å². The van der Waals surface area contributed by atoms with Crippen LogP contribution in [-0.4, -0.2) is 50.7 Å². The van der Waals surface area contributed by atoms with E-state index in [2.05, 4.69) is 15.5 Å². The van der Waals surface area contributed by atoms with E-state index >= 15 is 0 Å². The first-order chi connectivity index (χ1) is 19.3. The summed E-state index contributed by atoms with van der Waals surface area (Å²) in [6, 6.07) is 23.2. The van der Waals surface area contributed by atoms with Gasteiger partial charge in [-0.1, -0.05) is 54.1 Å². The SMILES string of the molecule is COc1ccc2c(c1)C(c1ccc(Cl)cc1)=NC(NC(=O)c1cccc3cc(B(O)O)ccc13)c1nnc(C)n1-2. The molecule has 3 N–H and O–H groups in total. The molecule has 0 saturated heterocycles. The maximum Gasteiger partial charge on any atom is 0.488 e. The van der Waals surface area contributed by atoms with Crippen LogP contribution in [0.4, 0.5) is 0 Å². The molecule has 1 unspecified atom stereocenters. The van der Waals surface area contributed by atoms with Crippen LogP contribution in [-0.2, 0) is 0 Å². The van der Waals surface area contributed by atoms with Gasteiger partial charge in [0.25, 0.3) is 5.91 Å². The van der Waals surface area contributed by atoms with Crippen LogP contribution in [0.3, 0.4) is 0 Å². The molecule has 5 aromatic rings. The normalized spacial score (nSPS) is 14.1. The summed E-state index contributed by atoms with van der Waals surface area (Å²) in [6.07, 6.45) is -0.883. The Morgan fingerprint density at radius 1 is 1.02 bits per heavy atom. The smallest absolute Gasteiger partial charge is 0.488 e. The van der Waals surface area contributed by atoms with Crippen LogP contribution in [0.15, 0.2) is 83.9 Å². The first kappa shape index (κ1) is 25.8. The summed E-state index contributed by atoms with van der Waals surface area (Å²) in [4.78, 5) is 18.8. The van der Waals surface area contributed by atoms with E-state index in [0.29, 0.717) is 49.9 Å². The van der Waals surface area contributed by atoms with Gasteiger partial charge in [0.05, 0.1) is 18.5 Å². The quantitative estimate of drug-likeness (QED) is 0.288. The van der Waals surface area contributed by atoms with E-state index in [1.54, 1.807) is 49.6 Å². The van der Waals surface area contributed by atoms with Gasteiger partial charge >= 0.3 is 7.12 Å². The number of fused-ring (bicyclic) bond motifs is 4. The van der Waals surface area contributed by atoms with Crippen molar-refractivity contribution in [3.05, 3.63) is 112 Å². The highest BCUT2D eigenvalue weighted by Crippen LogP contribution is 2.33. The molecular weight excluding hydrogens is 529 g/mol. The van der Waals surface area contributed by atoms with Crippen LogP contribution in [0.25, 0.3) is 16.5 Å². The number of nitrogens with zero attached hydrogens (tertiary/aromatic N) is 4. The molecule has 0 fully saturated rings. The molecule has 0 aliphatic carbocycles. The second kappa shape index (κ2) is 10.2. The van der Waals surface area contributed by atoms with Gasteiger partial charge in [0.2, 0.25) is 0 Å². The predicted octanol–water partition coefficient (Wildman–Crippen LogP) is 3.35. The fourth-order valence-corrected chi connectivity index (χ4v) is 5.06. The lowest BCUT2D eigenvalue weighted by Gasteiger charge is -2.16. The number of ether oxygens (including phenoxy) is 1. The van der Waals surface area contributed by atoms with Gasteiger partial charge in [-0.15, -0.1) is 10.2 Å². The third-order valence-corrected chi connectivity index (χ3v) is 7.14. The Hall–Kier alpha value is -4.51. The molecule has 0 spiro atoms. The van der Waals surface area contributed by atoms with Crippen molar-refractivity contribution in [1.82, 2.24) is 20.1 Å². The zero-order valence-corrected chi connectivity index (χ0v) is 22.3. The molecule has 1 amide bonds. The fraction of sp³-hybridized carbons (Fsp3) is 0.103. The van der Waals surface area contributed by atoms with Crippen molar-refractivity contribution in [3.63, 3.8) is 0 Å². The van der Waals surface area contributed by atoms with Gasteiger partial charge in [0.1, 0.15) is 11.6 Å². The summed E-state index contributed by atoms with van der Waals surface area (Å²) in [7, 11) is -0.00641. The highest BCUT2D eigenvalue weighted by molar-refractivity contribution is 6.59. The van der Waals surface area contributed by atoms with E-state index in [1.807, 2.05) is 47.9 Å². The average Bonchev–Trinajstić information content (AvgIpc) is 3.29. The molecule has 0 saturated carbocycles. The fourth-order valence-electron chi connectivity index (χ4n) is 4.93. The molecule has 1 atom stereocenters. The van der Waals surface area contributed by atoms with Crippen molar-refractivity contribution >= 4 is 46.6 Å². The number of aliphatic imine (C=N–C) groups is 1. The topological polar surface area (TPSA) is 122 Å². The second-order valence-electron chi connectivity index (χ2n) is 9.34. The maximum absolute atomic E-state index is 13.8. The van der Waals surface area contributed by atoms with Crippen molar-refractivity contribution in [2.75, 3.05) is 7.11 Å². The number of hydrogen-bond acceptors (Lipinski definition) is 7. The number of carbonyl (C=O) groups excluding carboxylic acids is 1. The summed E-state index contributed by atoms with van der Waals surface area (Å²) < 4.78 is 7.40. The van der Waals surface area contributed by atoms with Gasteiger partial charge in [0.15, 0.2) is 12.0 Å². The molecule has 11 heteroatoms. The minimum Gasteiger partial charge on any atom is -0.497 e. The molecule has 1 aromatic heterocycles. The van der Waals surface area contributed by atoms with Crippen LogP contribution in [0.5, 0.6) is 5.75 Å². The van der Waals surface area contributed by atoms with Gasteiger partial charge in [-0.25, -0.2) is 0 Å². The van der Waals surface area contributed by atoms with E-state index in [4.69, 9.17) is 21.3 Å². The summed E-state index contributed by atoms with van der Waals surface area (Å²) in [5.41, 5.74) is 3.75. The Bertz CT molecular complexity index is 1800. The molecule has 0 radical (unpaired) electrons. The number of aromatic nitrogens is 3. The molecule has 198 valence electrons. The first-order valence-corrected chi connectivity index (χ1v) is 12.9. The van der Waals surface area contributed by atoms with E-state index in [9.17, 15) is 14.8 Å². The Kier molecular flexibility index (Phi) is 6.59. The van der Waals surface area contributed by atoms with Crippen molar-refractivity contribution < 1.29 is 19.6 Å². The number of rotatable bonds is 5. The summed E-state index contributed by atoms with van der Waals surface area (Å²) >= 11 is 6.18. The molecular formula is C29H23BClN5O4. The predicted molar refractivity (Wildman–Crippen MR) is 154 cm³/mol. The third-order valence-electron chi connectivity index (χ3n) is 6.89. The van der Waals surface area contributed by atoms with E-state index in [1.165, 1.54) is 0 Å². The number of benzene rings is 4. The lowest BCUT2D eigenvalue weighted by molar-refractivity contribution is 0.0938. The lowest BCUT2D eigenvalue weighted by Crippen LogP contribution is -2.30. The van der Waals surface area contributed by atoms with Crippen LogP contribution in [0.1, 0.15) is 39.3 Å². The number of aryl methyl sites for hydroxylation is 1. The molecule has 2 heterocycles. The number of carbonyl (C=O) groups is 1. The second-order valence-corrected chi connectivity index (χ2v) is 9.78. The molecule has 0 bridgehead atoms. The van der Waals surface area contributed by atoms with Crippen molar-refractivity contribution in [2.45, 2.75) is 13.1 Å². The van der Waals surface area contributed by atoms with Crippen molar-refractivity contribution in [1.29, 1.82) is 0 Å². The highest BCUT2D eigenvalue weighted by atomic mass is 35.5.